The monoisotopic (exact) mass is 440 g/mol. The van der Waals surface area contributed by atoms with Crippen molar-refractivity contribution in [3.05, 3.63) is 70.4 Å². The lowest BCUT2D eigenvalue weighted by molar-refractivity contribution is -0.123. The maximum atomic E-state index is 13.6. The lowest BCUT2D eigenvalue weighted by Crippen LogP contribution is -2.36. The molecule has 1 saturated heterocycles. The molecule has 4 rings (SSSR count). The minimum Gasteiger partial charge on any atom is -0.454 e. The van der Waals surface area contributed by atoms with Gasteiger partial charge < -0.3 is 14.8 Å². The van der Waals surface area contributed by atoms with Gasteiger partial charge in [-0.3, -0.25) is 19.3 Å². The molecular weight excluding hydrogens is 423 g/mol. The van der Waals surface area contributed by atoms with Crippen LogP contribution in [0.5, 0.6) is 11.5 Å². The molecule has 2 aliphatic heterocycles. The number of hydrogen-bond donors (Lipinski definition) is 1. The van der Waals surface area contributed by atoms with Gasteiger partial charge in [-0.25, -0.2) is 4.39 Å². The van der Waals surface area contributed by atoms with E-state index < -0.39 is 22.9 Å². The van der Waals surface area contributed by atoms with E-state index >= 15 is 0 Å². The first kappa shape index (κ1) is 20.7. The van der Waals surface area contributed by atoms with E-state index in [-0.39, 0.29) is 30.4 Å². The fraction of sp³-hybridized carbons (Fsp3) is 0.136. The number of benzene rings is 2. The van der Waals surface area contributed by atoms with Gasteiger partial charge in [0.05, 0.1) is 4.91 Å². The summed E-state index contributed by atoms with van der Waals surface area (Å²) in [7, 11) is 0. The van der Waals surface area contributed by atoms with Crippen molar-refractivity contribution in [1.29, 1.82) is 0 Å². The molecule has 2 aromatic carbocycles. The first-order chi connectivity index (χ1) is 15.0. The van der Waals surface area contributed by atoms with Crippen LogP contribution in [0.3, 0.4) is 0 Å². The van der Waals surface area contributed by atoms with Crippen LogP contribution < -0.4 is 14.8 Å². The zero-order chi connectivity index (χ0) is 21.8. The second-order valence-corrected chi connectivity index (χ2v) is 7.59. The fourth-order valence-electron chi connectivity index (χ4n) is 2.97. The Morgan fingerprint density at radius 1 is 1.16 bits per heavy atom. The van der Waals surface area contributed by atoms with Crippen LogP contribution in [0.2, 0.25) is 0 Å². The molecule has 0 aliphatic carbocycles. The molecule has 158 valence electrons. The van der Waals surface area contributed by atoms with Crippen LogP contribution in [-0.4, -0.2) is 41.8 Å². The average molecular weight is 440 g/mol. The second kappa shape index (κ2) is 9.05. The van der Waals surface area contributed by atoms with E-state index in [0.717, 1.165) is 16.7 Å². The Bertz CT molecular complexity index is 1110. The molecule has 2 aliphatic rings. The van der Waals surface area contributed by atoms with Crippen LogP contribution in [0.25, 0.3) is 12.2 Å². The highest BCUT2D eigenvalue weighted by molar-refractivity contribution is 8.18. The summed E-state index contributed by atoms with van der Waals surface area (Å²) in [4.78, 5) is 38.1. The number of hydrogen-bond acceptors (Lipinski definition) is 6. The van der Waals surface area contributed by atoms with Gasteiger partial charge in [-0.2, -0.15) is 0 Å². The number of carbonyl (C=O) groups excluding carboxylic acids is 3. The van der Waals surface area contributed by atoms with Gasteiger partial charge in [-0.1, -0.05) is 24.3 Å². The Morgan fingerprint density at radius 2 is 1.97 bits per heavy atom. The number of fused-ring (bicyclic) bond motifs is 1. The van der Waals surface area contributed by atoms with Gasteiger partial charge in [-0.15, -0.1) is 0 Å². The van der Waals surface area contributed by atoms with Gasteiger partial charge in [0.1, 0.15) is 5.82 Å². The van der Waals surface area contributed by atoms with Crippen LogP contribution in [0.1, 0.15) is 11.1 Å². The van der Waals surface area contributed by atoms with E-state index in [1.165, 1.54) is 18.2 Å². The molecule has 9 heteroatoms. The number of ether oxygens (including phenoxy) is 2. The summed E-state index contributed by atoms with van der Waals surface area (Å²) in [6.45, 7) is 0.259. The topological polar surface area (TPSA) is 84.9 Å². The van der Waals surface area contributed by atoms with Crippen molar-refractivity contribution in [2.75, 3.05) is 19.9 Å². The summed E-state index contributed by atoms with van der Waals surface area (Å²) in [5, 5.41) is 2.17. The largest absolute Gasteiger partial charge is 0.454 e. The number of amides is 3. The number of nitrogens with zero attached hydrogens (tertiary/aromatic N) is 1. The molecule has 0 aromatic heterocycles. The number of thioether (sulfide) groups is 1. The summed E-state index contributed by atoms with van der Waals surface area (Å²) >= 11 is 0.836. The molecule has 31 heavy (non-hydrogen) atoms. The number of imide groups is 1. The van der Waals surface area contributed by atoms with E-state index in [1.807, 2.05) is 0 Å². The third-order valence-corrected chi connectivity index (χ3v) is 5.43. The molecule has 0 radical (unpaired) electrons. The van der Waals surface area contributed by atoms with Crippen molar-refractivity contribution in [3.63, 3.8) is 0 Å². The van der Waals surface area contributed by atoms with Crippen molar-refractivity contribution < 1.29 is 28.2 Å². The maximum absolute atomic E-state index is 13.6. The van der Waals surface area contributed by atoms with Crippen molar-refractivity contribution in [3.8, 4) is 11.5 Å². The minimum absolute atomic E-state index is 0.0302. The summed E-state index contributed by atoms with van der Waals surface area (Å²) in [6, 6.07) is 11.3. The van der Waals surface area contributed by atoms with Gasteiger partial charge in [0.15, 0.2) is 11.5 Å². The van der Waals surface area contributed by atoms with Crippen LogP contribution in [0, 0.1) is 5.82 Å². The van der Waals surface area contributed by atoms with Crippen LogP contribution in [0.15, 0.2) is 53.4 Å². The zero-order valence-electron chi connectivity index (χ0n) is 16.2. The molecular formula is C22H17FN2O5S. The molecule has 1 fully saturated rings. The van der Waals surface area contributed by atoms with Gasteiger partial charge in [-0.05, 0) is 47.7 Å². The Morgan fingerprint density at radius 3 is 2.81 bits per heavy atom. The fourth-order valence-corrected chi connectivity index (χ4v) is 3.84. The number of rotatable bonds is 6. The SMILES string of the molecule is O=C(/C=C/c1ccccc1F)NCCN1C(=O)S/C(=C\c2ccc3c(c2)OCO3)C1=O. The second-order valence-electron chi connectivity index (χ2n) is 6.59. The van der Waals surface area contributed by atoms with Gasteiger partial charge in [0, 0.05) is 24.7 Å². The smallest absolute Gasteiger partial charge is 0.293 e. The molecule has 0 saturated carbocycles. The zero-order valence-corrected chi connectivity index (χ0v) is 17.0. The highest BCUT2D eigenvalue weighted by Crippen LogP contribution is 2.36. The first-order valence-electron chi connectivity index (χ1n) is 9.37. The molecule has 0 unspecified atom stereocenters. The quantitative estimate of drug-likeness (QED) is 0.693. The Kier molecular flexibility index (Phi) is 6.03. The lowest BCUT2D eigenvalue weighted by Gasteiger charge is -2.12. The summed E-state index contributed by atoms with van der Waals surface area (Å²) in [5.41, 5.74) is 0.999. The predicted octanol–water partition coefficient (Wildman–Crippen LogP) is 3.42. The standard InChI is InChI=1S/C22H17FN2O5S/c23-16-4-2-1-3-15(16)6-8-20(26)24-9-10-25-21(27)19(31-22(25)28)12-14-5-7-17-18(11-14)30-13-29-17/h1-8,11-12H,9-10,13H2,(H,24,26)/b8-6+,19-12-. The van der Waals surface area contributed by atoms with E-state index in [4.69, 9.17) is 9.47 Å². The van der Waals surface area contributed by atoms with Crippen molar-refractivity contribution in [2.24, 2.45) is 0 Å². The first-order valence-corrected chi connectivity index (χ1v) is 10.2. The molecule has 7 nitrogen and oxygen atoms in total. The van der Waals surface area contributed by atoms with Crippen LogP contribution in [0.4, 0.5) is 9.18 Å². The van der Waals surface area contributed by atoms with E-state index in [0.29, 0.717) is 17.1 Å². The molecule has 2 heterocycles. The maximum Gasteiger partial charge on any atom is 0.293 e. The number of halogens is 1. The molecule has 0 bridgehead atoms. The summed E-state index contributed by atoms with van der Waals surface area (Å²) in [5.74, 6) is -0.0993. The minimum atomic E-state index is -0.453. The van der Waals surface area contributed by atoms with E-state index in [1.54, 1.807) is 42.5 Å². The van der Waals surface area contributed by atoms with Crippen LogP contribution in [-0.2, 0) is 9.59 Å². The molecule has 2 aromatic rings. The molecule has 3 amide bonds. The summed E-state index contributed by atoms with van der Waals surface area (Å²) < 4.78 is 24.1. The van der Waals surface area contributed by atoms with E-state index in [9.17, 15) is 18.8 Å². The van der Waals surface area contributed by atoms with Crippen molar-refractivity contribution >= 4 is 41.0 Å². The third-order valence-electron chi connectivity index (χ3n) is 4.52. The highest BCUT2D eigenvalue weighted by atomic mass is 32.2. The van der Waals surface area contributed by atoms with Crippen LogP contribution >= 0.6 is 11.8 Å². The number of carbonyl (C=O) groups is 3. The van der Waals surface area contributed by atoms with Crippen molar-refractivity contribution in [2.45, 2.75) is 0 Å². The highest BCUT2D eigenvalue weighted by Gasteiger charge is 2.34. The Hall–Kier alpha value is -3.59. The van der Waals surface area contributed by atoms with E-state index in [2.05, 4.69) is 5.32 Å². The average Bonchev–Trinajstić information content (AvgIpc) is 3.32. The molecule has 0 atom stereocenters. The molecule has 0 spiro atoms. The van der Waals surface area contributed by atoms with Gasteiger partial charge in [0.2, 0.25) is 12.7 Å². The third kappa shape index (κ3) is 4.77. The summed E-state index contributed by atoms with van der Waals surface area (Å²) in [6.07, 6.45) is 4.17. The van der Waals surface area contributed by atoms with Crippen molar-refractivity contribution in [1.82, 2.24) is 10.2 Å². The molecule has 1 N–H and O–H groups in total. The number of nitrogens with one attached hydrogen (secondary N) is 1. The van der Waals surface area contributed by atoms with Gasteiger partial charge >= 0.3 is 0 Å². The Balaban J connectivity index is 1.32. The van der Waals surface area contributed by atoms with Gasteiger partial charge in [0.25, 0.3) is 11.1 Å². The lowest BCUT2D eigenvalue weighted by atomic mass is 10.2. The predicted molar refractivity (Wildman–Crippen MR) is 114 cm³/mol. The Labute approximate surface area is 181 Å². The normalized spacial score (nSPS) is 16.5.